The van der Waals surface area contributed by atoms with E-state index in [-0.39, 0.29) is 19.1 Å². The molecule has 0 saturated carbocycles. The summed E-state index contributed by atoms with van der Waals surface area (Å²) in [4.78, 5) is 26.4. The summed E-state index contributed by atoms with van der Waals surface area (Å²) in [6.07, 6.45) is -0.977. The number of carboxylic acids is 1. The van der Waals surface area contributed by atoms with Gasteiger partial charge in [-0.2, -0.15) is 0 Å². The number of benzene rings is 1. The maximum absolute atomic E-state index is 12.9. The molecule has 0 radical (unpaired) electrons. The number of hydrogen-bond donors (Lipinski definition) is 1. The second-order valence-corrected chi connectivity index (χ2v) is 7.05. The van der Waals surface area contributed by atoms with E-state index in [2.05, 4.69) is 5.16 Å². The van der Waals surface area contributed by atoms with E-state index in [0.29, 0.717) is 17.9 Å². The van der Waals surface area contributed by atoms with Crippen molar-refractivity contribution < 1.29 is 24.0 Å². The van der Waals surface area contributed by atoms with Gasteiger partial charge in [0.1, 0.15) is 5.76 Å². The van der Waals surface area contributed by atoms with Gasteiger partial charge < -0.3 is 19.3 Å². The van der Waals surface area contributed by atoms with Gasteiger partial charge in [-0.15, -0.1) is 11.8 Å². The molecule has 1 atom stereocenters. The predicted molar refractivity (Wildman–Crippen MR) is 95.3 cm³/mol. The molecule has 1 aliphatic heterocycles. The van der Waals surface area contributed by atoms with Crippen molar-refractivity contribution in [1.82, 2.24) is 10.1 Å². The van der Waals surface area contributed by atoms with Crippen molar-refractivity contribution in [3.63, 3.8) is 0 Å². The van der Waals surface area contributed by atoms with Gasteiger partial charge in [-0.1, -0.05) is 17.3 Å². The van der Waals surface area contributed by atoms with Crippen LogP contribution in [-0.2, 0) is 15.3 Å². The third-order valence-corrected chi connectivity index (χ3v) is 5.40. The maximum Gasteiger partial charge on any atom is 0.334 e. The first-order chi connectivity index (χ1) is 12.5. The quantitative estimate of drug-likeness (QED) is 0.802. The normalized spacial score (nSPS) is 17.3. The Morgan fingerprint density at radius 1 is 1.35 bits per heavy atom. The van der Waals surface area contributed by atoms with Crippen molar-refractivity contribution in [2.75, 3.05) is 19.7 Å². The average molecular weight is 376 g/mol. The number of aryl methyl sites for hydroxylation is 2. The summed E-state index contributed by atoms with van der Waals surface area (Å²) in [6.45, 7) is 4.41. The second kappa shape index (κ2) is 7.92. The molecule has 0 spiro atoms. The molecule has 2 heterocycles. The first-order valence-electron chi connectivity index (χ1n) is 8.24. The lowest BCUT2D eigenvalue weighted by molar-refractivity contribution is -0.154. The van der Waals surface area contributed by atoms with Crippen LogP contribution in [0.25, 0.3) is 0 Å². The van der Waals surface area contributed by atoms with E-state index in [1.54, 1.807) is 6.07 Å². The molecule has 7 nitrogen and oxygen atoms in total. The molecule has 1 aromatic heterocycles. The van der Waals surface area contributed by atoms with E-state index in [9.17, 15) is 9.59 Å². The summed E-state index contributed by atoms with van der Waals surface area (Å²) >= 11 is 1.54. The molecule has 1 fully saturated rings. The molecular formula is C18H20N2O5S. The molecule has 1 aliphatic rings. The molecule has 138 valence electrons. The van der Waals surface area contributed by atoms with Gasteiger partial charge in [-0.25, -0.2) is 4.79 Å². The van der Waals surface area contributed by atoms with Crippen LogP contribution in [0, 0.1) is 13.8 Å². The number of nitrogens with zero attached hydrogens (tertiary/aromatic N) is 2. The Hall–Kier alpha value is -2.32. The van der Waals surface area contributed by atoms with Gasteiger partial charge in [0, 0.05) is 22.8 Å². The number of amides is 1. The molecule has 2 aromatic rings. The Morgan fingerprint density at radius 2 is 2.12 bits per heavy atom. The highest BCUT2D eigenvalue weighted by atomic mass is 32.2. The Balaban J connectivity index is 1.76. The van der Waals surface area contributed by atoms with E-state index in [1.165, 1.54) is 16.7 Å². The predicted octanol–water partition coefficient (Wildman–Crippen LogP) is 2.51. The van der Waals surface area contributed by atoms with Crippen molar-refractivity contribution in [2.45, 2.75) is 30.6 Å². The van der Waals surface area contributed by atoms with Gasteiger partial charge in [0.05, 0.1) is 24.4 Å². The van der Waals surface area contributed by atoms with E-state index in [0.717, 1.165) is 21.9 Å². The number of hydrogen-bond acceptors (Lipinski definition) is 6. The standard InChI is InChI=1S/C18H20N2O5S/c1-11-14(12(2)25-19-11)10-26-16-6-4-3-5-13(16)17(21)20-7-8-24-15(9-20)18(22)23/h3-6,15H,7-10H2,1-2H3,(H,22,23). The summed E-state index contributed by atoms with van der Waals surface area (Å²) < 4.78 is 10.4. The van der Waals surface area contributed by atoms with E-state index in [1.807, 2.05) is 32.0 Å². The Morgan fingerprint density at radius 3 is 2.81 bits per heavy atom. The van der Waals surface area contributed by atoms with Crippen LogP contribution in [0.4, 0.5) is 0 Å². The van der Waals surface area contributed by atoms with Crippen LogP contribution in [0.2, 0.25) is 0 Å². The van der Waals surface area contributed by atoms with Gasteiger partial charge in [-0.3, -0.25) is 4.79 Å². The molecule has 0 aliphatic carbocycles. The SMILES string of the molecule is Cc1noc(C)c1CSc1ccccc1C(=O)N1CCOC(C(=O)O)C1. The number of carbonyl (C=O) groups is 2. The van der Waals surface area contributed by atoms with Crippen molar-refractivity contribution in [3.8, 4) is 0 Å². The Kier molecular flexibility index (Phi) is 5.63. The average Bonchev–Trinajstić information content (AvgIpc) is 2.97. The molecule has 1 unspecified atom stereocenters. The minimum atomic E-state index is -1.05. The van der Waals surface area contributed by atoms with Gasteiger partial charge >= 0.3 is 5.97 Å². The zero-order valence-electron chi connectivity index (χ0n) is 14.6. The van der Waals surface area contributed by atoms with E-state index >= 15 is 0 Å². The number of morpholine rings is 1. The molecule has 0 bridgehead atoms. The minimum absolute atomic E-state index is 0.0526. The lowest BCUT2D eigenvalue weighted by Gasteiger charge is -2.31. The first-order valence-corrected chi connectivity index (χ1v) is 9.23. The van der Waals surface area contributed by atoms with Crippen molar-refractivity contribution in [2.24, 2.45) is 0 Å². The van der Waals surface area contributed by atoms with Crippen molar-refractivity contribution in [1.29, 1.82) is 0 Å². The summed E-state index contributed by atoms with van der Waals surface area (Å²) in [6, 6.07) is 7.35. The number of carboxylic acid groups (broad SMARTS) is 1. The highest BCUT2D eigenvalue weighted by molar-refractivity contribution is 7.98. The summed E-state index contributed by atoms with van der Waals surface area (Å²) in [5.41, 5.74) is 2.43. The zero-order valence-corrected chi connectivity index (χ0v) is 15.4. The number of carbonyl (C=O) groups excluding carboxylic acids is 1. The lowest BCUT2D eigenvalue weighted by Crippen LogP contribution is -2.48. The maximum atomic E-state index is 12.9. The molecule has 1 N–H and O–H groups in total. The Bertz CT molecular complexity index is 800. The molecule has 3 rings (SSSR count). The van der Waals surface area contributed by atoms with Crippen LogP contribution >= 0.6 is 11.8 Å². The summed E-state index contributed by atoms with van der Waals surface area (Å²) in [5, 5.41) is 13.1. The van der Waals surface area contributed by atoms with Crippen LogP contribution in [0.1, 0.15) is 27.4 Å². The van der Waals surface area contributed by atoms with Crippen LogP contribution in [0.15, 0.2) is 33.7 Å². The number of aromatic nitrogens is 1. The van der Waals surface area contributed by atoms with Crippen LogP contribution < -0.4 is 0 Å². The van der Waals surface area contributed by atoms with Gasteiger partial charge in [0.25, 0.3) is 5.91 Å². The highest BCUT2D eigenvalue weighted by Gasteiger charge is 2.30. The summed E-state index contributed by atoms with van der Waals surface area (Å²) in [5.74, 6) is 0.188. The largest absolute Gasteiger partial charge is 0.479 e. The van der Waals surface area contributed by atoms with Gasteiger partial charge in [0.2, 0.25) is 0 Å². The number of rotatable bonds is 5. The zero-order chi connectivity index (χ0) is 18.7. The van der Waals surface area contributed by atoms with Crippen molar-refractivity contribution >= 4 is 23.6 Å². The van der Waals surface area contributed by atoms with Crippen LogP contribution in [0.3, 0.4) is 0 Å². The van der Waals surface area contributed by atoms with Crippen molar-refractivity contribution in [3.05, 3.63) is 46.8 Å². The van der Waals surface area contributed by atoms with E-state index < -0.39 is 12.1 Å². The van der Waals surface area contributed by atoms with Gasteiger partial charge in [0.15, 0.2) is 6.10 Å². The number of ether oxygens (including phenoxy) is 1. The fourth-order valence-corrected chi connectivity index (χ4v) is 3.98. The Labute approximate surface area is 155 Å². The lowest BCUT2D eigenvalue weighted by atomic mass is 10.1. The molecule has 26 heavy (non-hydrogen) atoms. The topological polar surface area (TPSA) is 92.9 Å². The van der Waals surface area contributed by atoms with E-state index in [4.69, 9.17) is 14.4 Å². The number of aliphatic carboxylic acids is 1. The molecule has 1 amide bonds. The smallest absolute Gasteiger partial charge is 0.334 e. The minimum Gasteiger partial charge on any atom is -0.479 e. The second-order valence-electron chi connectivity index (χ2n) is 6.04. The summed E-state index contributed by atoms with van der Waals surface area (Å²) in [7, 11) is 0. The fourth-order valence-electron chi connectivity index (χ4n) is 2.78. The van der Waals surface area contributed by atoms with Crippen LogP contribution in [-0.4, -0.2) is 52.8 Å². The molecule has 8 heteroatoms. The molecule has 1 saturated heterocycles. The number of thioether (sulfide) groups is 1. The first kappa shape index (κ1) is 18.5. The third-order valence-electron chi connectivity index (χ3n) is 4.30. The monoisotopic (exact) mass is 376 g/mol. The highest BCUT2D eigenvalue weighted by Crippen LogP contribution is 2.29. The molecular weight excluding hydrogens is 356 g/mol. The van der Waals surface area contributed by atoms with Gasteiger partial charge in [-0.05, 0) is 26.0 Å². The molecule has 1 aromatic carbocycles. The van der Waals surface area contributed by atoms with Crippen LogP contribution in [0.5, 0.6) is 0 Å². The third kappa shape index (κ3) is 3.91. The fraction of sp³-hybridized carbons (Fsp3) is 0.389.